The van der Waals surface area contributed by atoms with Crippen LogP contribution in [-0.2, 0) is 32.3 Å². The number of ether oxygens (including phenoxy) is 3. The number of thioether (sulfide) groups is 1. The van der Waals surface area contributed by atoms with Crippen molar-refractivity contribution in [2.75, 3.05) is 26.1 Å². The Hall–Kier alpha value is -2.59. The van der Waals surface area contributed by atoms with E-state index in [0.29, 0.717) is 24.2 Å². The number of likely N-dealkylation sites (N-methyl/N-ethyl adjacent to an activating group) is 1. The molecule has 2 aromatic carbocycles. The molecule has 5 unspecified atom stereocenters. The lowest BCUT2D eigenvalue weighted by Gasteiger charge is -2.22. The minimum absolute atomic E-state index is 0.0186. The first kappa shape index (κ1) is 38.2. The van der Waals surface area contributed by atoms with Crippen molar-refractivity contribution >= 4 is 23.6 Å². The molecule has 0 heterocycles. The van der Waals surface area contributed by atoms with Gasteiger partial charge in [0.15, 0.2) is 0 Å². The third kappa shape index (κ3) is 14.5. The van der Waals surface area contributed by atoms with Gasteiger partial charge >= 0.3 is 0 Å². The number of carbonyl (C=O) groups excluding carboxylic acids is 2. The molecule has 2 aromatic rings. The van der Waals surface area contributed by atoms with Gasteiger partial charge in [-0.25, -0.2) is 0 Å². The predicted octanol–water partition coefficient (Wildman–Crippen LogP) is 7.01. The van der Waals surface area contributed by atoms with E-state index >= 15 is 0 Å². The number of hydrogen-bond donors (Lipinski definition) is 3. The molecule has 8 nitrogen and oxygen atoms in total. The molecule has 2 aliphatic rings. The molecule has 2 saturated carbocycles. The summed E-state index contributed by atoms with van der Waals surface area (Å²) < 4.78 is 18.1. The van der Waals surface area contributed by atoms with E-state index in [2.05, 4.69) is 29.8 Å². The fourth-order valence-electron chi connectivity index (χ4n) is 6.37. The van der Waals surface area contributed by atoms with Crippen molar-refractivity contribution in [2.45, 2.75) is 121 Å². The number of benzene rings is 2. The van der Waals surface area contributed by atoms with Crippen LogP contribution < -0.4 is 20.7 Å². The molecule has 2 fully saturated rings. The zero-order valence-corrected chi connectivity index (χ0v) is 30.2. The maximum atomic E-state index is 13.2. The summed E-state index contributed by atoms with van der Waals surface area (Å²) in [7, 11) is 1.75. The molecule has 3 N–H and O–H groups in total. The van der Waals surface area contributed by atoms with Crippen molar-refractivity contribution < 1.29 is 23.8 Å². The first-order chi connectivity index (χ1) is 23.4. The Morgan fingerprint density at radius 3 is 2.15 bits per heavy atom. The lowest BCUT2D eigenvalue weighted by atomic mass is 10.0. The van der Waals surface area contributed by atoms with Crippen LogP contribution in [0.4, 0.5) is 0 Å². The number of carbonyl (C=O) groups is 2. The van der Waals surface area contributed by atoms with Gasteiger partial charge in [-0.05, 0) is 79.5 Å². The second kappa shape index (κ2) is 21.5. The van der Waals surface area contributed by atoms with Gasteiger partial charge in [0.2, 0.25) is 11.8 Å². The Morgan fingerprint density at radius 1 is 0.771 bits per heavy atom. The summed E-state index contributed by atoms with van der Waals surface area (Å²) in [5, 5.41) is 9.15. The van der Waals surface area contributed by atoms with E-state index in [1.54, 1.807) is 18.8 Å². The largest absolute Gasteiger partial charge is 0.490 e. The molecule has 2 amide bonds. The molecule has 4 rings (SSSR count). The van der Waals surface area contributed by atoms with Crippen molar-refractivity contribution in [3.8, 4) is 5.75 Å². The lowest BCUT2D eigenvalue weighted by molar-refractivity contribution is -0.132. The Balaban J connectivity index is 1.21. The van der Waals surface area contributed by atoms with Crippen molar-refractivity contribution in [1.82, 2.24) is 16.0 Å². The molecule has 0 spiro atoms. The summed E-state index contributed by atoms with van der Waals surface area (Å²) in [4.78, 5) is 26.2. The molecule has 266 valence electrons. The zero-order chi connectivity index (χ0) is 34.0. The minimum atomic E-state index is -0.855. The van der Waals surface area contributed by atoms with Gasteiger partial charge in [-0.3, -0.25) is 9.59 Å². The second-order valence-electron chi connectivity index (χ2n) is 13.7. The molecule has 0 radical (unpaired) electrons. The molecule has 0 saturated heterocycles. The lowest BCUT2D eigenvalue weighted by Crippen LogP contribution is -2.55. The highest BCUT2D eigenvalue weighted by Gasteiger charge is 2.35. The van der Waals surface area contributed by atoms with Crippen LogP contribution in [0.5, 0.6) is 5.75 Å². The fraction of sp³-hybridized carbons (Fsp3) is 0.641. The third-order valence-electron chi connectivity index (χ3n) is 9.40. The normalized spacial score (nSPS) is 21.5. The Kier molecular flexibility index (Phi) is 17.1. The van der Waals surface area contributed by atoms with Gasteiger partial charge in [-0.15, -0.1) is 0 Å². The van der Waals surface area contributed by atoms with Crippen LogP contribution in [0.2, 0.25) is 0 Å². The average Bonchev–Trinajstić information content (AvgIpc) is 3.84. The van der Waals surface area contributed by atoms with Gasteiger partial charge in [0.05, 0.1) is 32.0 Å². The van der Waals surface area contributed by atoms with Gasteiger partial charge in [-0.1, -0.05) is 94.8 Å². The first-order valence-electron chi connectivity index (χ1n) is 18.2. The van der Waals surface area contributed by atoms with Crippen LogP contribution in [0.15, 0.2) is 54.6 Å². The monoisotopic (exact) mass is 681 g/mol. The highest BCUT2D eigenvalue weighted by atomic mass is 32.2. The molecular formula is C39H59N3O5S. The van der Waals surface area contributed by atoms with Crippen LogP contribution >= 0.6 is 11.8 Å². The average molecular weight is 682 g/mol. The summed E-state index contributed by atoms with van der Waals surface area (Å²) in [6.45, 7) is 4.95. The van der Waals surface area contributed by atoms with Crippen LogP contribution in [-0.4, -0.2) is 61.4 Å². The van der Waals surface area contributed by atoms with Gasteiger partial charge in [0.1, 0.15) is 18.5 Å². The van der Waals surface area contributed by atoms with Crippen molar-refractivity contribution in [1.29, 1.82) is 0 Å². The molecule has 2 aliphatic carbocycles. The highest BCUT2D eigenvalue weighted by molar-refractivity contribution is 7.99. The van der Waals surface area contributed by atoms with Gasteiger partial charge < -0.3 is 30.2 Å². The molecular weight excluding hydrogens is 623 g/mol. The van der Waals surface area contributed by atoms with Crippen LogP contribution in [0.3, 0.4) is 0 Å². The van der Waals surface area contributed by atoms with Gasteiger partial charge in [-0.2, -0.15) is 11.8 Å². The molecule has 5 atom stereocenters. The molecule has 0 aromatic heterocycles. The van der Waals surface area contributed by atoms with Gasteiger partial charge in [0, 0.05) is 5.75 Å². The van der Waals surface area contributed by atoms with E-state index in [4.69, 9.17) is 14.2 Å². The Morgan fingerprint density at radius 2 is 1.42 bits per heavy atom. The Labute approximate surface area is 293 Å². The number of fused-ring (bicyclic) bond motifs is 1. The minimum Gasteiger partial charge on any atom is -0.490 e. The standard InChI is InChI=1S/C39H59N3O5S/c1-29(2)48-27-37(40-3)39(44)42-36(26-45-24-30-13-8-7-9-14-30)38(43)41-28-46-25-31-19-21-35(22-20-31)47-34-17-11-6-4-5-10-15-32-23-33(32)16-12-18-34/h7-9,13-14,19-22,29,32-34,36-37,40H,4-6,10-12,15-18,23-28H2,1-3H3,(H,41,43)(H,42,44). The van der Waals surface area contributed by atoms with Crippen LogP contribution in [0.25, 0.3) is 0 Å². The summed E-state index contributed by atoms with van der Waals surface area (Å²) in [5.74, 6) is 2.90. The van der Waals surface area contributed by atoms with E-state index in [9.17, 15) is 9.59 Å². The van der Waals surface area contributed by atoms with Crippen molar-refractivity contribution in [2.24, 2.45) is 11.8 Å². The third-order valence-corrected chi connectivity index (χ3v) is 10.6. The summed E-state index contributed by atoms with van der Waals surface area (Å²) >= 11 is 1.69. The summed E-state index contributed by atoms with van der Waals surface area (Å²) in [6.07, 6.45) is 14.8. The topological polar surface area (TPSA) is 97.9 Å². The fourth-order valence-corrected chi connectivity index (χ4v) is 7.27. The van der Waals surface area contributed by atoms with E-state index in [1.165, 1.54) is 57.8 Å². The molecule has 0 aliphatic heterocycles. The predicted molar refractivity (Wildman–Crippen MR) is 195 cm³/mol. The second-order valence-corrected chi connectivity index (χ2v) is 15.3. The number of amides is 2. The SMILES string of the molecule is CNC(CSC(C)C)C(=O)NC(COCc1ccccc1)C(=O)NCOCc1ccc(OC2CCCCCCCC3CC3CCC2)cc1. The number of rotatable bonds is 17. The summed E-state index contributed by atoms with van der Waals surface area (Å²) in [6, 6.07) is 16.6. The molecule has 0 bridgehead atoms. The summed E-state index contributed by atoms with van der Waals surface area (Å²) in [5.41, 5.74) is 2.00. The van der Waals surface area contributed by atoms with Crippen molar-refractivity contribution in [3.05, 3.63) is 65.7 Å². The highest BCUT2D eigenvalue weighted by Crippen LogP contribution is 2.46. The van der Waals surface area contributed by atoms with E-state index in [-0.39, 0.29) is 31.3 Å². The van der Waals surface area contributed by atoms with Crippen molar-refractivity contribution in [3.63, 3.8) is 0 Å². The van der Waals surface area contributed by atoms with E-state index in [1.807, 2.05) is 54.6 Å². The maximum absolute atomic E-state index is 13.2. The first-order valence-corrected chi connectivity index (χ1v) is 19.3. The number of hydrogen-bond acceptors (Lipinski definition) is 7. The van der Waals surface area contributed by atoms with Crippen LogP contribution in [0.1, 0.15) is 95.6 Å². The van der Waals surface area contributed by atoms with E-state index in [0.717, 1.165) is 41.6 Å². The maximum Gasteiger partial charge on any atom is 0.246 e. The zero-order valence-electron chi connectivity index (χ0n) is 29.4. The number of nitrogens with one attached hydrogen (secondary N) is 3. The molecule has 48 heavy (non-hydrogen) atoms. The quantitative estimate of drug-likeness (QED) is 0.122. The van der Waals surface area contributed by atoms with Crippen LogP contribution in [0, 0.1) is 11.8 Å². The molecule has 9 heteroatoms. The smallest absolute Gasteiger partial charge is 0.246 e. The Bertz CT molecular complexity index is 1200. The van der Waals surface area contributed by atoms with Gasteiger partial charge in [0.25, 0.3) is 0 Å². The van der Waals surface area contributed by atoms with E-state index < -0.39 is 12.1 Å².